The number of hydrogen-bond acceptors (Lipinski definition) is 4. The molecule has 24 heavy (non-hydrogen) atoms. The minimum Gasteiger partial charge on any atom is -0.493 e. The van der Waals surface area contributed by atoms with Gasteiger partial charge in [-0.05, 0) is 29.8 Å². The molecule has 0 fully saturated rings. The molecule has 3 N–H and O–H groups in total. The topological polar surface area (TPSA) is 79.8 Å². The normalized spacial score (nSPS) is 11.5. The van der Waals surface area contributed by atoms with E-state index in [1.165, 1.54) is 14.2 Å². The van der Waals surface area contributed by atoms with Gasteiger partial charge in [-0.25, -0.2) is 4.79 Å². The number of methoxy groups -OCH3 is 2. The fourth-order valence-corrected chi connectivity index (χ4v) is 2.31. The van der Waals surface area contributed by atoms with Gasteiger partial charge in [-0.15, -0.1) is 0 Å². The van der Waals surface area contributed by atoms with Crippen LogP contribution in [-0.2, 0) is 0 Å². The maximum atomic E-state index is 11.9. The van der Waals surface area contributed by atoms with Crippen LogP contribution < -0.4 is 20.1 Å². The number of ether oxygens (including phenoxy) is 2. The summed E-state index contributed by atoms with van der Waals surface area (Å²) in [5.74, 6) is 1.08. The SMILES string of the molecule is COc1ccc(NC(=O)NC[C@@H](O)c2cccc(Cl)c2)cc1OC. The van der Waals surface area contributed by atoms with Crippen molar-refractivity contribution in [3.63, 3.8) is 0 Å². The van der Waals surface area contributed by atoms with Gasteiger partial charge < -0.3 is 25.2 Å². The average Bonchev–Trinajstić information content (AvgIpc) is 2.59. The summed E-state index contributed by atoms with van der Waals surface area (Å²) in [6.07, 6.45) is -0.847. The molecule has 1 atom stereocenters. The van der Waals surface area contributed by atoms with Crippen LogP contribution in [0.4, 0.5) is 10.5 Å². The molecular formula is C17H19ClN2O4. The highest BCUT2D eigenvalue weighted by molar-refractivity contribution is 6.30. The van der Waals surface area contributed by atoms with Gasteiger partial charge in [-0.3, -0.25) is 0 Å². The Morgan fingerprint density at radius 1 is 1.17 bits per heavy atom. The van der Waals surface area contributed by atoms with Crippen LogP contribution in [0.15, 0.2) is 42.5 Å². The molecule has 6 nitrogen and oxygen atoms in total. The summed E-state index contributed by atoms with van der Waals surface area (Å²) in [4.78, 5) is 11.9. The Morgan fingerprint density at radius 2 is 1.92 bits per heavy atom. The van der Waals surface area contributed by atoms with Crippen molar-refractivity contribution in [2.45, 2.75) is 6.10 Å². The van der Waals surface area contributed by atoms with Crippen molar-refractivity contribution in [2.75, 3.05) is 26.1 Å². The molecular weight excluding hydrogens is 332 g/mol. The Morgan fingerprint density at radius 3 is 2.58 bits per heavy atom. The van der Waals surface area contributed by atoms with Gasteiger partial charge in [0.25, 0.3) is 0 Å². The van der Waals surface area contributed by atoms with E-state index in [0.29, 0.717) is 27.8 Å². The van der Waals surface area contributed by atoms with Crippen LogP contribution in [0.3, 0.4) is 0 Å². The Balaban J connectivity index is 1.91. The molecule has 2 amide bonds. The number of amides is 2. The van der Waals surface area contributed by atoms with Crippen LogP contribution in [-0.4, -0.2) is 31.9 Å². The van der Waals surface area contributed by atoms with Gasteiger partial charge in [0.2, 0.25) is 0 Å². The smallest absolute Gasteiger partial charge is 0.319 e. The Hall–Kier alpha value is -2.44. The van der Waals surface area contributed by atoms with Crippen molar-refractivity contribution in [3.05, 3.63) is 53.1 Å². The van der Waals surface area contributed by atoms with Crippen molar-refractivity contribution in [3.8, 4) is 11.5 Å². The van der Waals surface area contributed by atoms with Crippen LogP contribution in [0, 0.1) is 0 Å². The summed E-state index contributed by atoms with van der Waals surface area (Å²) >= 11 is 5.88. The summed E-state index contributed by atoms with van der Waals surface area (Å²) in [5.41, 5.74) is 1.18. The quantitative estimate of drug-likeness (QED) is 0.747. The molecule has 0 unspecified atom stereocenters. The molecule has 0 saturated carbocycles. The second-order valence-electron chi connectivity index (χ2n) is 4.98. The number of carbonyl (C=O) groups is 1. The zero-order valence-electron chi connectivity index (χ0n) is 13.4. The molecule has 0 aliphatic rings. The lowest BCUT2D eigenvalue weighted by molar-refractivity contribution is 0.175. The lowest BCUT2D eigenvalue weighted by atomic mass is 10.1. The Kier molecular flexibility index (Phi) is 6.28. The number of hydrogen-bond donors (Lipinski definition) is 3. The molecule has 0 radical (unpaired) electrons. The van der Waals surface area contributed by atoms with Crippen molar-refractivity contribution < 1.29 is 19.4 Å². The van der Waals surface area contributed by atoms with Crippen LogP contribution in [0.25, 0.3) is 0 Å². The lowest BCUT2D eigenvalue weighted by Crippen LogP contribution is -2.32. The molecule has 0 aromatic heterocycles. The molecule has 0 aliphatic heterocycles. The van der Waals surface area contributed by atoms with Gasteiger partial charge >= 0.3 is 6.03 Å². The van der Waals surface area contributed by atoms with E-state index >= 15 is 0 Å². The third kappa shape index (κ3) is 4.78. The zero-order valence-corrected chi connectivity index (χ0v) is 14.1. The summed E-state index contributed by atoms with van der Waals surface area (Å²) < 4.78 is 10.3. The van der Waals surface area contributed by atoms with Crippen LogP contribution >= 0.6 is 11.6 Å². The van der Waals surface area contributed by atoms with Crippen molar-refractivity contribution in [1.29, 1.82) is 0 Å². The molecule has 0 bridgehead atoms. The number of aliphatic hydroxyl groups excluding tert-OH is 1. The van der Waals surface area contributed by atoms with Gasteiger partial charge in [0.15, 0.2) is 11.5 Å². The summed E-state index contributed by atoms with van der Waals surface area (Å²) in [6.45, 7) is 0.0550. The Bertz CT molecular complexity index is 709. The van der Waals surface area contributed by atoms with Crippen molar-refractivity contribution >= 4 is 23.3 Å². The van der Waals surface area contributed by atoms with Crippen LogP contribution in [0.2, 0.25) is 5.02 Å². The van der Waals surface area contributed by atoms with Crippen molar-refractivity contribution in [2.24, 2.45) is 0 Å². The second-order valence-corrected chi connectivity index (χ2v) is 5.41. The summed E-state index contributed by atoms with van der Waals surface area (Å²) in [7, 11) is 3.05. The second kappa shape index (κ2) is 8.42. The molecule has 2 aromatic rings. The fourth-order valence-electron chi connectivity index (χ4n) is 2.11. The first kappa shape index (κ1) is 17.9. The third-order valence-corrected chi connectivity index (χ3v) is 3.57. The standard InChI is InChI=1S/C17H19ClN2O4/c1-23-15-7-6-13(9-16(15)24-2)20-17(22)19-10-14(21)11-4-3-5-12(18)8-11/h3-9,14,21H,10H2,1-2H3,(H2,19,20,22)/t14-/m1/s1. The molecule has 0 spiro atoms. The molecule has 0 saturated heterocycles. The lowest BCUT2D eigenvalue weighted by Gasteiger charge is -2.14. The number of aliphatic hydroxyl groups is 1. The fraction of sp³-hybridized carbons (Fsp3) is 0.235. The predicted octanol–water partition coefficient (Wildman–Crippen LogP) is 3.21. The number of carbonyl (C=O) groups excluding carboxylic acids is 1. The minimum absolute atomic E-state index is 0.0550. The van der Waals surface area contributed by atoms with Gasteiger partial charge in [-0.1, -0.05) is 23.7 Å². The first-order valence-electron chi connectivity index (χ1n) is 7.24. The van der Waals surface area contributed by atoms with E-state index in [9.17, 15) is 9.90 Å². The van der Waals surface area contributed by atoms with Crippen LogP contribution in [0.5, 0.6) is 11.5 Å². The number of benzene rings is 2. The van der Waals surface area contributed by atoms with Crippen LogP contribution in [0.1, 0.15) is 11.7 Å². The summed E-state index contributed by atoms with van der Waals surface area (Å²) in [5, 5.41) is 15.9. The van der Waals surface area contributed by atoms with Gasteiger partial charge in [0.05, 0.1) is 20.3 Å². The third-order valence-electron chi connectivity index (χ3n) is 3.33. The molecule has 2 aromatic carbocycles. The number of halogens is 1. The highest BCUT2D eigenvalue weighted by Gasteiger charge is 2.11. The number of rotatable bonds is 6. The molecule has 0 heterocycles. The highest BCUT2D eigenvalue weighted by atomic mass is 35.5. The zero-order chi connectivity index (χ0) is 17.5. The average molecular weight is 351 g/mol. The molecule has 7 heteroatoms. The van der Waals surface area contributed by atoms with E-state index in [1.807, 2.05) is 0 Å². The van der Waals surface area contributed by atoms with Crippen molar-refractivity contribution in [1.82, 2.24) is 5.32 Å². The first-order chi connectivity index (χ1) is 11.5. The minimum atomic E-state index is -0.847. The van der Waals surface area contributed by atoms with Gasteiger partial charge in [0, 0.05) is 23.3 Å². The Labute approximate surface area is 145 Å². The van der Waals surface area contributed by atoms with E-state index in [-0.39, 0.29) is 6.54 Å². The first-order valence-corrected chi connectivity index (χ1v) is 7.61. The highest BCUT2D eigenvalue weighted by Crippen LogP contribution is 2.29. The largest absolute Gasteiger partial charge is 0.493 e. The maximum Gasteiger partial charge on any atom is 0.319 e. The van der Waals surface area contributed by atoms with Gasteiger partial charge in [-0.2, -0.15) is 0 Å². The van der Waals surface area contributed by atoms with Gasteiger partial charge in [0.1, 0.15) is 0 Å². The van der Waals surface area contributed by atoms with E-state index in [4.69, 9.17) is 21.1 Å². The van der Waals surface area contributed by atoms with E-state index in [0.717, 1.165) is 0 Å². The number of anilines is 1. The number of urea groups is 1. The maximum absolute atomic E-state index is 11.9. The monoisotopic (exact) mass is 350 g/mol. The number of nitrogens with one attached hydrogen (secondary N) is 2. The molecule has 2 rings (SSSR count). The molecule has 128 valence electrons. The predicted molar refractivity (Wildman–Crippen MR) is 93.0 cm³/mol. The summed E-state index contributed by atoms with van der Waals surface area (Å²) in [6, 6.07) is 11.4. The van der Waals surface area contributed by atoms with E-state index in [2.05, 4.69) is 10.6 Å². The van der Waals surface area contributed by atoms with E-state index < -0.39 is 12.1 Å². The molecule has 0 aliphatic carbocycles. The van der Waals surface area contributed by atoms with E-state index in [1.54, 1.807) is 42.5 Å².